The van der Waals surface area contributed by atoms with E-state index in [1.165, 1.54) is 0 Å². The standard InChI is InChI=1S/C13H13N5O/c1-19-9-2-3-16-13-12(9)8(6-17-13)7-4-10(14)18-11(15)5-7/h2-6H,1H3,(H,16,17)(H4,14,15,18). The molecule has 3 rings (SSSR count). The molecule has 0 radical (unpaired) electrons. The van der Waals surface area contributed by atoms with E-state index in [4.69, 9.17) is 16.2 Å². The molecule has 6 nitrogen and oxygen atoms in total. The Bertz CT molecular complexity index is 730. The van der Waals surface area contributed by atoms with Crippen LogP contribution in [0.2, 0.25) is 0 Å². The van der Waals surface area contributed by atoms with Crippen molar-refractivity contribution in [3.05, 3.63) is 30.6 Å². The SMILES string of the molecule is COc1ccnc2[nH]cc(-c3cc(N)nc(N)c3)c12. The Balaban J connectivity index is 2.30. The summed E-state index contributed by atoms with van der Waals surface area (Å²) in [6.07, 6.45) is 3.55. The average molecular weight is 255 g/mol. The maximum Gasteiger partial charge on any atom is 0.141 e. The molecule has 0 fully saturated rings. The summed E-state index contributed by atoms with van der Waals surface area (Å²) in [7, 11) is 1.63. The topological polar surface area (TPSA) is 103 Å². The molecular formula is C13H13N5O. The molecule has 3 aromatic heterocycles. The van der Waals surface area contributed by atoms with E-state index in [0.717, 1.165) is 27.9 Å². The number of aromatic nitrogens is 3. The maximum atomic E-state index is 5.73. The van der Waals surface area contributed by atoms with Gasteiger partial charge in [-0.3, -0.25) is 0 Å². The summed E-state index contributed by atoms with van der Waals surface area (Å²) >= 11 is 0. The minimum atomic E-state index is 0.382. The number of pyridine rings is 2. The summed E-state index contributed by atoms with van der Waals surface area (Å²) in [6, 6.07) is 5.35. The van der Waals surface area contributed by atoms with Gasteiger partial charge in [-0.25, -0.2) is 9.97 Å². The van der Waals surface area contributed by atoms with Crippen molar-refractivity contribution in [2.24, 2.45) is 0 Å². The predicted octanol–water partition coefficient (Wildman–Crippen LogP) is 1.80. The average Bonchev–Trinajstić information content (AvgIpc) is 2.81. The van der Waals surface area contributed by atoms with Crippen LogP contribution < -0.4 is 16.2 Å². The zero-order valence-corrected chi connectivity index (χ0v) is 10.3. The predicted molar refractivity (Wildman–Crippen MR) is 74.7 cm³/mol. The number of methoxy groups -OCH3 is 1. The molecule has 6 heteroatoms. The molecule has 5 N–H and O–H groups in total. The number of nitrogens with one attached hydrogen (secondary N) is 1. The quantitative estimate of drug-likeness (QED) is 0.647. The van der Waals surface area contributed by atoms with Crippen LogP contribution in [0.1, 0.15) is 0 Å². The van der Waals surface area contributed by atoms with Crippen molar-refractivity contribution in [3.63, 3.8) is 0 Å². The summed E-state index contributed by atoms with van der Waals surface area (Å²) in [5, 5.41) is 0.898. The number of nitrogen functional groups attached to an aromatic ring is 2. The van der Waals surface area contributed by atoms with Crippen LogP contribution in [-0.4, -0.2) is 22.1 Å². The number of hydrogen-bond donors (Lipinski definition) is 3. The van der Waals surface area contributed by atoms with E-state index in [-0.39, 0.29) is 0 Å². The lowest BCUT2D eigenvalue weighted by molar-refractivity contribution is 0.419. The van der Waals surface area contributed by atoms with Gasteiger partial charge in [-0.05, 0) is 23.8 Å². The molecule has 0 unspecified atom stereocenters. The highest BCUT2D eigenvalue weighted by molar-refractivity contribution is 5.98. The molecule has 0 aliphatic rings. The van der Waals surface area contributed by atoms with E-state index in [1.807, 2.05) is 12.3 Å². The van der Waals surface area contributed by atoms with Gasteiger partial charge in [0.25, 0.3) is 0 Å². The summed E-state index contributed by atoms with van der Waals surface area (Å²) in [5.74, 6) is 1.51. The molecule has 0 aliphatic heterocycles. The summed E-state index contributed by atoms with van der Waals surface area (Å²) < 4.78 is 5.37. The van der Waals surface area contributed by atoms with Gasteiger partial charge in [0.05, 0.1) is 12.5 Å². The maximum absolute atomic E-state index is 5.73. The molecule has 0 aliphatic carbocycles. The highest BCUT2D eigenvalue weighted by atomic mass is 16.5. The van der Waals surface area contributed by atoms with Crippen LogP contribution in [-0.2, 0) is 0 Å². The Morgan fingerprint density at radius 1 is 1.21 bits per heavy atom. The van der Waals surface area contributed by atoms with Gasteiger partial charge in [-0.15, -0.1) is 0 Å². The number of nitrogens with two attached hydrogens (primary N) is 2. The van der Waals surface area contributed by atoms with Crippen LogP contribution in [0.4, 0.5) is 11.6 Å². The van der Waals surface area contributed by atoms with Crippen LogP contribution in [0.15, 0.2) is 30.6 Å². The van der Waals surface area contributed by atoms with Gasteiger partial charge in [0.1, 0.15) is 23.0 Å². The molecule has 0 aromatic carbocycles. The van der Waals surface area contributed by atoms with Gasteiger partial charge in [-0.2, -0.15) is 0 Å². The second kappa shape index (κ2) is 4.16. The number of ether oxygens (including phenoxy) is 1. The second-order valence-electron chi connectivity index (χ2n) is 4.14. The molecule has 3 aromatic rings. The van der Waals surface area contributed by atoms with Crippen molar-refractivity contribution in [2.75, 3.05) is 18.6 Å². The smallest absolute Gasteiger partial charge is 0.141 e. The summed E-state index contributed by atoms with van der Waals surface area (Å²) in [6.45, 7) is 0. The van der Waals surface area contributed by atoms with Crippen molar-refractivity contribution in [1.29, 1.82) is 0 Å². The van der Waals surface area contributed by atoms with E-state index in [2.05, 4.69) is 15.0 Å². The molecule has 0 bridgehead atoms. The Morgan fingerprint density at radius 2 is 1.95 bits per heavy atom. The van der Waals surface area contributed by atoms with E-state index in [1.54, 1.807) is 25.4 Å². The fourth-order valence-electron chi connectivity index (χ4n) is 2.15. The first kappa shape index (κ1) is 11.3. The molecule has 0 amide bonds. The van der Waals surface area contributed by atoms with E-state index in [0.29, 0.717) is 11.6 Å². The molecule has 0 saturated heterocycles. The van der Waals surface area contributed by atoms with Crippen LogP contribution in [0.5, 0.6) is 5.75 Å². The number of anilines is 2. The molecule has 96 valence electrons. The van der Waals surface area contributed by atoms with Gasteiger partial charge >= 0.3 is 0 Å². The first-order chi connectivity index (χ1) is 9.19. The minimum absolute atomic E-state index is 0.382. The monoisotopic (exact) mass is 255 g/mol. The summed E-state index contributed by atoms with van der Waals surface area (Å²) in [5.41, 5.74) is 14.0. The number of rotatable bonds is 2. The van der Waals surface area contributed by atoms with Crippen LogP contribution >= 0.6 is 0 Å². The number of nitrogens with zero attached hydrogens (tertiary/aromatic N) is 2. The zero-order chi connectivity index (χ0) is 13.4. The van der Waals surface area contributed by atoms with Gasteiger partial charge < -0.3 is 21.2 Å². The van der Waals surface area contributed by atoms with E-state index >= 15 is 0 Å². The number of aromatic amines is 1. The molecular weight excluding hydrogens is 242 g/mol. The number of H-pyrrole nitrogens is 1. The van der Waals surface area contributed by atoms with Crippen LogP contribution in [0.3, 0.4) is 0 Å². The van der Waals surface area contributed by atoms with Crippen molar-refractivity contribution in [1.82, 2.24) is 15.0 Å². The molecule has 0 atom stereocenters. The molecule has 19 heavy (non-hydrogen) atoms. The summed E-state index contributed by atoms with van der Waals surface area (Å²) in [4.78, 5) is 11.3. The zero-order valence-electron chi connectivity index (χ0n) is 10.3. The van der Waals surface area contributed by atoms with Crippen LogP contribution in [0.25, 0.3) is 22.2 Å². The normalized spacial score (nSPS) is 10.8. The highest BCUT2D eigenvalue weighted by Crippen LogP contribution is 2.35. The number of fused-ring (bicyclic) bond motifs is 1. The first-order valence-electron chi connectivity index (χ1n) is 5.72. The van der Waals surface area contributed by atoms with Gasteiger partial charge in [0, 0.05) is 18.0 Å². The van der Waals surface area contributed by atoms with Gasteiger partial charge in [0.15, 0.2) is 0 Å². The van der Waals surface area contributed by atoms with Crippen molar-refractivity contribution in [3.8, 4) is 16.9 Å². The molecule has 0 saturated carbocycles. The molecule has 0 spiro atoms. The Labute approximate surface area is 109 Å². The Morgan fingerprint density at radius 3 is 2.63 bits per heavy atom. The Kier molecular flexibility index (Phi) is 2.49. The van der Waals surface area contributed by atoms with Gasteiger partial charge in [-0.1, -0.05) is 0 Å². The third-order valence-electron chi connectivity index (χ3n) is 2.93. The third kappa shape index (κ3) is 1.83. The minimum Gasteiger partial charge on any atom is -0.496 e. The Hall–Kier alpha value is -2.76. The lowest BCUT2D eigenvalue weighted by Gasteiger charge is -2.06. The van der Waals surface area contributed by atoms with E-state index < -0.39 is 0 Å². The highest BCUT2D eigenvalue weighted by Gasteiger charge is 2.12. The van der Waals surface area contributed by atoms with Gasteiger partial charge in [0.2, 0.25) is 0 Å². The van der Waals surface area contributed by atoms with Crippen molar-refractivity contribution >= 4 is 22.7 Å². The largest absolute Gasteiger partial charge is 0.496 e. The molecule has 3 heterocycles. The van der Waals surface area contributed by atoms with Crippen LogP contribution in [0, 0.1) is 0 Å². The van der Waals surface area contributed by atoms with Crippen molar-refractivity contribution in [2.45, 2.75) is 0 Å². The van der Waals surface area contributed by atoms with E-state index in [9.17, 15) is 0 Å². The van der Waals surface area contributed by atoms with Crippen molar-refractivity contribution < 1.29 is 4.74 Å². The lowest BCUT2D eigenvalue weighted by Crippen LogP contribution is -1.96. The number of hydrogen-bond acceptors (Lipinski definition) is 5. The third-order valence-corrected chi connectivity index (χ3v) is 2.93. The fourth-order valence-corrected chi connectivity index (χ4v) is 2.15. The lowest BCUT2D eigenvalue weighted by atomic mass is 10.1. The second-order valence-corrected chi connectivity index (χ2v) is 4.14. The fraction of sp³-hybridized carbons (Fsp3) is 0.0769. The first-order valence-corrected chi connectivity index (χ1v) is 5.72.